The molecule has 0 saturated heterocycles. The highest BCUT2D eigenvalue weighted by molar-refractivity contribution is 7.89. The van der Waals surface area contributed by atoms with E-state index in [0.717, 1.165) is 25.9 Å². The molecule has 0 radical (unpaired) electrons. The molecule has 0 atom stereocenters. The highest BCUT2D eigenvalue weighted by atomic mass is 35.5. The smallest absolute Gasteiger partial charge is 0.211 e. The van der Waals surface area contributed by atoms with Crippen LogP contribution in [0.15, 0.2) is 18.2 Å². The van der Waals surface area contributed by atoms with Crippen molar-refractivity contribution in [3.05, 3.63) is 34.6 Å². The lowest BCUT2D eigenvalue weighted by Crippen LogP contribution is -2.26. The number of rotatable bonds is 10. The number of unbranched alkanes of at least 4 members (excludes halogenated alkanes) is 1. The summed E-state index contributed by atoms with van der Waals surface area (Å²) in [6.45, 7) is 3.99. The monoisotopic (exact) mass is 336 g/mol. The fraction of sp³-hybridized carbons (Fsp3) is 0.571. The summed E-state index contributed by atoms with van der Waals surface area (Å²) in [7, 11) is -3.31. The van der Waals surface area contributed by atoms with Crippen LogP contribution in [0, 0.1) is 5.82 Å². The minimum absolute atomic E-state index is 0.00584. The average Bonchev–Trinajstić information content (AvgIpc) is 2.44. The van der Waals surface area contributed by atoms with Crippen molar-refractivity contribution in [2.24, 2.45) is 0 Å². The lowest BCUT2D eigenvalue weighted by atomic mass is 10.2. The van der Waals surface area contributed by atoms with E-state index in [-0.39, 0.29) is 17.3 Å². The molecule has 1 rings (SSSR count). The van der Waals surface area contributed by atoms with Gasteiger partial charge in [-0.2, -0.15) is 0 Å². The highest BCUT2D eigenvalue weighted by Crippen LogP contribution is 2.16. The second-order valence-electron chi connectivity index (χ2n) is 4.85. The summed E-state index contributed by atoms with van der Waals surface area (Å²) in [4.78, 5) is 0. The molecular weight excluding hydrogens is 315 g/mol. The van der Waals surface area contributed by atoms with Crippen LogP contribution < -0.4 is 10.0 Å². The maximum atomic E-state index is 13.0. The first-order valence-corrected chi connectivity index (χ1v) is 9.09. The molecule has 0 aliphatic heterocycles. The first-order valence-electron chi connectivity index (χ1n) is 7.06. The number of nitrogens with one attached hydrogen (secondary N) is 2. The first-order chi connectivity index (χ1) is 9.94. The van der Waals surface area contributed by atoms with Crippen LogP contribution in [0.1, 0.15) is 31.7 Å². The molecule has 1 aromatic carbocycles. The van der Waals surface area contributed by atoms with Crippen molar-refractivity contribution in [3.8, 4) is 0 Å². The van der Waals surface area contributed by atoms with Crippen LogP contribution in [0.2, 0.25) is 5.02 Å². The Morgan fingerprint density at radius 2 is 2.00 bits per heavy atom. The van der Waals surface area contributed by atoms with Gasteiger partial charge in [-0.1, -0.05) is 24.6 Å². The lowest BCUT2D eigenvalue weighted by Gasteiger charge is -2.08. The van der Waals surface area contributed by atoms with E-state index < -0.39 is 15.8 Å². The van der Waals surface area contributed by atoms with Gasteiger partial charge in [0, 0.05) is 6.54 Å². The Labute approximate surface area is 131 Å². The normalized spacial score (nSPS) is 11.8. The molecule has 0 unspecified atom stereocenters. The van der Waals surface area contributed by atoms with Crippen molar-refractivity contribution in [1.29, 1.82) is 0 Å². The molecule has 0 saturated carbocycles. The topological polar surface area (TPSA) is 58.2 Å². The Hall–Kier alpha value is -0.690. The predicted octanol–water partition coefficient (Wildman–Crippen LogP) is 2.68. The zero-order valence-corrected chi connectivity index (χ0v) is 13.7. The zero-order valence-electron chi connectivity index (χ0n) is 12.2. The van der Waals surface area contributed by atoms with Gasteiger partial charge in [0.15, 0.2) is 0 Å². The van der Waals surface area contributed by atoms with Crippen LogP contribution in [-0.4, -0.2) is 27.3 Å². The minimum atomic E-state index is -3.31. The van der Waals surface area contributed by atoms with Gasteiger partial charge in [-0.3, -0.25) is 0 Å². The van der Waals surface area contributed by atoms with E-state index in [1.165, 1.54) is 18.2 Å². The summed E-state index contributed by atoms with van der Waals surface area (Å²) in [6, 6.07) is 4.16. The van der Waals surface area contributed by atoms with Gasteiger partial charge < -0.3 is 5.32 Å². The fourth-order valence-corrected chi connectivity index (χ4v) is 3.08. The molecule has 21 heavy (non-hydrogen) atoms. The van der Waals surface area contributed by atoms with E-state index in [2.05, 4.69) is 17.0 Å². The van der Waals surface area contributed by atoms with Crippen LogP contribution in [0.3, 0.4) is 0 Å². The molecule has 0 spiro atoms. The molecule has 120 valence electrons. The Balaban J connectivity index is 2.30. The molecule has 2 N–H and O–H groups in total. The second kappa shape index (κ2) is 9.35. The van der Waals surface area contributed by atoms with E-state index in [0.29, 0.717) is 12.0 Å². The van der Waals surface area contributed by atoms with Crippen LogP contribution in [-0.2, 0) is 16.6 Å². The van der Waals surface area contributed by atoms with E-state index in [4.69, 9.17) is 11.6 Å². The Kier molecular flexibility index (Phi) is 8.18. The summed E-state index contributed by atoms with van der Waals surface area (Å²) in [5.41, 5.74) is 0.634. The number of sulfonamides is 1. The van der Waals surface area contributed by atoms with Crippen molar-refractivity contribution < 1.29 is 12.8 Å². The van der Waals surface area contributed by atoms with Gasteiger partial charge in [-0.25, -0.2) is 17.5 Å². The molecule has 0 aromatic heterocycles. The molecule has 1 aromatic rings. The predicted molar refractivity (Wildman–Crippen MR) is 84.4 cm³/mol. The third-order valence-corrected chi connectivity index (χ3v) is 4.62. The van der Waals surface area contributed by atoms with E-state index in [9.17, 15) is 12.8 Å². The van der Waals surface area contributed by atoms with Crippen molar-refractivity contribution >= 4 is 21.6 Å². The summed E-state index contributed by atoms with van der Waals surface area (Å²) < 4.78 is 39.1. The van der Waals surface area contributed by atoms with Crippen LogP contribution in [0.5, 0.6) is 0 Å². The average molecular weight is 337 g/mol. The number of benzene rings is 1. The molecule has 4 nitrogen and oxygen atoms in total. The van der Waals surface area contributed by atoms with Gasteiger partial charge in [0.2, 0.25) is 10.0 Å². The van der Waals surface area contributed by atoms with Gasteiger partial charge in [0.25, 0.3) is 0 Å². The molecular formula is C14H22ClFN2O2S. The summed E-state index contributed by atoms with van der Waals surface area (Å²) in [6.07, 6.45) is 2.50. The zero-order chi connectivity index (χ0) is 15.7. The number of halogens is 2. The van der Waals surface area contributed by atoms with Crippen molar-refractivity contribution in [2.75, 3.05) is 18.8 Å². The van der Waals surface area contributed by atoms with Gasteiger partial charge in [0.05, 0.1) is 10.8 Å². The molecule has 0 aliphatic carbocycles. The lowest BCUT2D eigenvalue weighted by molar-refractivity contribution is 0.572. The standard InChI is InChI=1S/C14H22ClFN2O2S/c1-2-7-17-8-3-4-9-21(19,20)18-11-12-5-6-14(16)13(15)10-12/h5-6,10,17-18H,2-4,7-9,11H2,1H3. The maximum Gasteiger partial charge on any atom is 0.211 e. The minimum Gasteiger partial charge on any atom is -0.317 e. The van der Waals surface area contributed by atoms with Crippen molar-refractivity contribution in [1.82, 2.24) is 10.0 Å². The van der Waals surface area contributed by atoms with E-state index >= 15 is 0 Å². The Morgan fingerprint density at radius 1 is 1.24 bits per heavy atom. The second-order valence-corrected chi connectivity index (χ2v) is 7.18. The third-order valence-electron chi connectivity index (χ3n) is 2.92. The number of hydrogen-bond donors (Lipinski definition) is 2. The first kappa shape index (κ1) is 18.4. The van der Waals surface area contributed by atoms with Crippen molar-refractivity contribution in [3.63, 3.8) is 0 Å². The maximum absolute atomic E-state index is 13.0. The third kappa shape index (κ3) is 7.76. The largest absolute Gasteiger partial charge is 0.317 e. The quantitative estimate of drug-likeness (QED) is 0.646. The Bertz CT molecular complexity index is 538. The highest BCUT2D eigenvalue weighted by Gasteiger charge is 2.10. The summed E-state index contributed by atoms with van der Waals surface area (Å²) >= 11 is 5.65. The Morgan fingerprint density at radius 3 is 2.67 bits per heavy atom. The molecule has 0 bridgehead atoms. The summed E-state index contributed by atoms with van der Waals surface area (Å²) in [5.74, 6) is -0.418. The van der Waals surface area contributed by atoms with E-state index in [1.54, 1.807) is 0 Å². The SMILES string of the molecule is CCCNCCCCS(=O)(=O)NCc1ccc(F)c(Cl)c1. The summed E-state index contributed by atoms with van der Waals surface area (Å²) in [5, 5.41) is 3.22. The fourth-order valence-electron chi connectivity index (χ4n) is 1.76. The van der Waals surface area contributed by atoms with Crippen LogP contribution in [0.25, 0.3) is 0 Å². The van der Waals surface area contributed by atoms with Gasteiger partial charge in [-0.05, 0) is 50.0 Å². The van der Waals surface area contributed by atoms with Crippen LogP contribution >= 0.6 is 11.6 Å². The molecule has 7 heteroatoms. The van der Waals surface area contributed by atoms with Crippen LogP contribution in [0.4, 0.5) is 4.39 Å². The van der Waals surface area contributed by atoms with Crippen molar-refractivity contribution in [2.45, 2.75) is 32.7 Å². The molecule has 0 amide bonds. The van der Waals surface area contributed by atoms with Gasteiger partial charge >= 0.3 is 0 Å². The van der Waals surface area contributed by atoms with Gasteiger partial charge in [0.1, 0.15) is 5.82 Å². The molecule has 0 heterocycles. The molecule has 0 aliphatic rings. The van der Waals surface area contributed by atoms with Gasteiger partial charge in [-0.15, -0.1) is 0 Å². The van der Waals surface area contributed by atoms with E-state index in [1.807, 2.05) is 0 Å². The molecule has 0 fully saturated rings. The number of hydrogen-bond acceptors (Lipinski definition) is 3.